The minimum absolute atomic E-state index is 0.00678. The second-order valence-corrected chi connectivity index (χ2v) is 9.53. The molecule has 0 spiro atoms. The molecule has 164 valence electrons. The van der Waals surface area contributed by atoms with Crippen LogP contribution in [0.2, 0.25) is 0 Å². The van der Waals surface area contributed by atoms with Crippen LogP contribution in [-0.2, 0) is 15.0 Å². The average Bonchev–Trinajstić information content (AvgIpc) is 2.96. The van der Waals surface area contributed by atoms with Crippen molar-refractivity contribution in [2.45, 2.75) is 39.2 Å². The molecule has 5 heteroatoms. The second-order valence-electron chi connectivity index (χ2n) is 9.53. The van der Waals surface area contributed by atoms with Gasteiger partial charge in [0.05, 0.1) is 11.6 Å². The molecule has 0 aliphatic carbocycles. The van der Waals surface area contributed by atoms with Crippen LogP contribution in [0.25, 0.3) is 5.76 Å². The SMILES string of the molecule is Cc1ccc(/C(O)=C2/C(=O)C(=O)N(CCN(C)C)C2c2ccc(C(C)(C)C)cc2)cc1. The molecule has 0 radical (unpaired) electrons. The highest BCUT2D eigenvalue weighted by Crippen LogP contribution is 2.39. The monoisotopic (exact) mass is 420 g/mol. The van der Waals surface area contributed by atoms with Crippen LogP contribution in [0.1, 0.15) is 49.1 Å². The summed E-state index contributed by atoms with van der Waals surface area (Å²) in [5.41, 5.74) is 3.72. The van der Waals surface area contributed by atoms with Crippen LogP contribution < -0.4 is 0 Å². The van der Waals surface area contributed by atoms with E-state index in [1.165, 1.54) is 5.56 Å². The summed E-state index contributed by atoms with van der Waals surface area (Å²) < 4.78 is 0. The summed E-state index contributed by atoms with van der Waals surface area (Å²) in [6.45, 7) is 9.40. The Morgan fingerprint density at radius 1 is 1.00 bits per heavy atom. The fourth-order valence-corrected chi connectivity index (χ4v) is 3.80. The third-order valence-electron chi connectivity index (χ3n) is 5.75. The first-order chi connectivity index (χ1) is 14.5. The Morgan fingerprint density at radius 3 is 2.10 bits per heavy atom. The van der Waals surface area contributed by atoms with E-state index >= 15 is 0 Å². The first-order valence-corrected chi connectivity index (χ1v) is 10.6. The lowest BCUT2D eigenvalue weighted by molar-refractivity contribution is -0.140. The van der Waals surface area contributed by atoms with Gasteiger partial charge in [-0.25, -0.2) is 0 Å². The number of ketones is 1. The molecule has 2 aromatic carbocycles. The van der Waals surface area contributed by atoms with Crippen LogP contribution in [0.3, 0.4) is 0 Å². The maximum absolute atomic E-state index is 13.0. The number of amides is 1. The van der Waals surface area contributed by atoms with E-state index in [0.29, 0.717) is 18.7 Å². The van der Waals surface area contributed by atoms with E-state index < -0.39 is 17.7 Å². The Balaban J connectivity index is 2.13. The van der Waals surface area contributed by atoms with Gasteiger partial charge in [-0.15, -0.1) is 0 Å². The summed E-state index contributed by atoms with van der Waals surface area (Å²) in [5, 5.41) is 11.1. The second kappa shape index (κ2) is 8.67. The fraction of sp³-hybridized carbons (Fsp3) is 0.385. The molecule has 1 unspecified atom stereocenters. The number of nitrogens with zero attached hydrogens (tertiary/aromatic N) is 2. The molecular formula is C26H32N2O3. The van der Waals surface area contributed by atoms with Gasteiger partial charge in [0.15, 0.2) is 0 Å². The largest absolute Gasteiger partial charge is 0.507 e. The average molecular weight is 421 g/mol. The molecular weight excluding hydrogens is 388 g/mol. The minimum Gasteiger partial charge on any atom is -0.507 e. The number of hydrogen-bond donors (Lipinski definition) is 1. The van der Waals surface area contributed by atoms with E-state index in [2.05, 4.69) is 20.8 Å². The van der Waals surface area contributed by atoms with Crippen molar-refractivity contribution in [1.29, 1.82) is 0 Å². The normalized spacial score (nSPS) is 18.8. The lowest BCUT2D eigenvalue weighted by Gasteiger charge is -2.27. The Morgan fingerprint density at radius 2 is 1.58 bits per heavy atom. The number of likely N-dealkylation sites (N-methyl/N-ethyl adjacent to an activating group) is 1. The van der Waals surface area contributed by atoms with Gasteiger partial charge in [-0.3, -0.25) is 9.59 Å². The Kier molecular flexibility index (Phi) is 6.37. The van der Waals surface area contributed by atoms with E-state index in [1.54, 1.807) is 17.0 Å². The highest BCUT2D eigenvalue weighted by molar-refractivity contribution is 6.46. The molecule has 1 aliphatic rings. The van der Waals surface area contributed by atoms with Gasteiger partial charge in [-0.2, -0.15) is 0 Å². The zero-order valence-electron chi connectivity index (χ0n) is 19.3. The molecule has 5 nitrogen and oxygen atoms in total. The first-order valence-electron chi connectivity index (χ1n) is 10.6. The van der Waals surface area contributed by atoms with E-state index in [9.17, 15) is 14.7 Å². The number of carbonyl (C=O) groups excluding carboxylic acids is 2. The van der Waals surface area contributed by atoms with Gasteiger partial charge in [-0.05, 0) is 37.6 Å². The van der Waals surface area contributed by atoms with E-state index in [0.717, 1.165) is 11.1 Å². The van der Waals surface area contributed by atoms with Crippen molar-refractivity contribution >= 4 is 17.4 Å². The van der Waals surface area contributed by atoms with Crippen LogP contribution in [0.4, 0.5) is 0 Å². The van der Waals surface area contributed by atoms with Crippen molar-refractivity contribution in [2.24, 2.45) is 0 Å². The van der Waals surface area contributed by atoms with Gasteiger partial charge in [0.2, 0.25) is 0 Å². The number of benzene rings is 2. The molecule has 0 bridgehead atoms. The molecule has 1 N–H and O–H groups in total. The van der Waals surface area contributed by atoms with Crippen molar-refractivity contribution in [2.75, 3.05) is 27.2 Å². The van der Waals surface area contributed by atoms with E-state index in [-0.39, 0.29) is 16.7 Å². The zero-order chi connectivity index (χ0) is 22.9. The highest BCUT2D eigenvalue weighted by Gasteiger charge is 2.45. The van der Waals surface area contributed by atoms with Gasteiger partial charge in [0.1, 0.15) is 5.76 Å². The van der Waals surface area contributed by atoms with Gasteiger partial charge in [0, 0.05) is 18.7 Å². The standard InChI is InChI=1S/C26H32N2O3/c1-17-7-9-19(10-8-17)23(29)21-22(18-11-13-20(14-12-18)26(2,3)4)28(16-15-27(5)6)25(31)24(21)30/h7-14,22,29H,15-16H2,1-6H3/b23-21-. The first kappa shape index (κ1) is 22.8. The van der Waals surface area contributed by atoms with Gasteiger partial charge in [0.25, 0.3) is 11.7 Å². The number of aryl methyl sites for hydroxylation is 1. The van der Waals surface area contributed by atoms with Gasteiger partial charge in [-0.1, -0.05) is 74.9 Å². The van der Waals surface area contributed by atoms with Crippen LogP contribution in [0.5, 0.6) is 0 Å². The van der Waals surface area contributed by atoms with Crippen LogP contribution in [0.15, 0.2) is 54.1 Å². The third-order valence-corrected chi connectivity index (χ3v) is 5.75. The topological polar surface area (TPSA) is 60.9 Å². The quantitative estimate of drug-likeness (QED) is 0.446. The lowest BCUT2D eigenvalue weighted by Crippen LogP contribution is -2.35. The Hall–Kier alpha value is -2.92. The minimum atomic E-state index is -0.637. The smallest absolute Gasteiger partial charge is 0.295 e. The summed E-state index contributed by atoms with van der Waals surface area (Å²) in [6, 6.07) is 14.7. The number of aliphatic hydroxyl groups is 1. The lowest BCUT2D eigenvalue weighted by atomic mass is 9.85. The maximum Gasteiger partial charge on any atom is 0.295 e. The van der Waals surface area contributed by atoms with Crippen molar-refractivity contribution in [3.63, 3.8) is 0 Å². The molecule has 1 heterocycles. The maximum atomic E-state index is 13.0. The number of Topliss-reactive ketones (excluding diaryl/α,β-unsaturated/α-hetero) is 1. The molecule has 1 amide bonds. The molecule has 1 fully saturated rings. The predicted octanol–water partition coefficient (Wildman–Crippen LogP) is 4.28. The molecule has 1 aliphatic heterocycles. The van der Waals surface area contributed by atoms with Crippen molar-refractivity contribution < 1.29 is 14.7 Å². The predicted molar refractivity (Wildman–Crippen MR) is 124 cm³/mol. The molecule has 1 saturated heterocycles. The van der Waals surface area contributed by atoms with Crippen molar-refractivity contribution in [3.8, 4) is 0 Å². The summed E-state index contributed by atoms with van der Waals surface area (Å²) in [7, 11) is 3.85. The molecule has 0 saturated carbocycles. The van der Waals surface area contributed by atoms with Crippen LogP contribution in [0, 0.1) is 6.92 Å². The van der Waals surface area contributed by atoms with Crippen molar-refractivity contribution in [1.82, 2.24) is 9.80 Å². The molecule has 2 aromatic rings. The Labute approximate surface area is 185 Å². The third kappa shape index (κ3) is 4.72. The van der Waals surface area contributed by atoms with Crippen molar-refractivity contribution in [3.05, 3.63) is 76.4 Å². The number of aliphatic hydroxyl groups excluding tert-OH is 1. The van der Waals surface area contributed by atoms with Gasteiger partial charge >= 0.3 is 0 Å². The molecule has 0 aromatic heterocycles. The summed E-state index contributed by atoms with van der Waals surface area (Å²) in [5.74, 6) is -1.34. The molecule has 3 rings (SSSR count). The van der Waals surface area contributed by atoms with E-state index in [1.807, 2.05) is 62.3 Å². The number of rotatable bonds is 5. The number of hydrogen-bond acceptors (Lipinski definition) is 4. The number of likely N-dealkylation sites (tertiary alicyclic amines) is 1. The Bertz CT molecular complexity index is 996. The summed E-state index contributed by atoms with van der Waals surface area (Å²) in [6.07, 6.45) is 0. The van der Waals surface area contributed by atoms with Crippen LogP contribution >= 0.6 is 0 Å². The summed E-state index contributed by atoms with van der Waals surface area (Å²) >= 11 is 0. The van der Waals surface area contributed by atoms with Crippen LogP contribution in [-0.4, -0.2) is 53.8 Å². The highest BCUT2D eigenvalue weighted by atomic mass is 16.3. The van der Waals surface area contributed by atoms with Gasteiger partial charge < -0.3 is 14.9 Å². The molecule has 1 atom stereocenters. The zero-order valence-corrected chi connectivity index (χ0v) is 19.3. The fourth-order valence-electron chi connectivity index (χ4n) is 3.80. The molecule has 31 heavy (non-hydrogen) atoms. The summed E-state index contributed by atoms with van der Waals surface area (Å²) in [4.78, 5) is 29.5. The van der Waals surface area contributed by atoms with E-state index in [4.69, 9.17) is 0 Å². The number of carbonyl (C=O) groups is 2.